The van der Waals surface area contributed by atoms with E-state index in [0.29, 0.717) is 6.42 Å². The van der Waals surface area contributed by atoms with Gasteiger partial charge in [0.25, 0.3) is 0 Å². The van der Waals surface area contributed by atoms with Crippen LogP contribution in [0.4, 0.5) is 0 Å². The average Bonchev–Trinajstić information content (AvgIpc) is 2.60. The van der Waals surface area contributed by atoms with Crippen molar-refractivity contribution in [1.82, 2.24) is 10.6 Å². The first kappa shape index (κ1) is 14.4. The Morgan fingerprint density at radius 3 is 2.53 bits per heavy atom. The van der Waals surface area contributed by atoms with Crippen molar-refractivity contribution in [3.05, 3.63) is 0 Å². The summed E-state index contributed by atoms with van der Waals surface area (Å²) in [6.45, 7) is 3.98. The molecule has 1 fully saturated rings. The molecule has 1 saturated carbocycles. The number of carbonyl (C=O) groups is 1. The van der Waals surface area contributed by atoms with Crippen LogP contribution >= 0.6 is 0 Å². The third kappa shape index (κ3) is 4.63. The minimum absolute atomic E-state index is 0.0806. The molecule has 0 heterocycles. The Morgan fingerprint density at radius 2 is 2.00 bits per heavy atom. The van der Waals surface area contributed by atoms with Gasteiger partial charge in [-0.05, 0) is 26.7 Å². The fourth-order valence-electron chi connectivity index (χ4n) is 2.27. The maximum Gasteiger partial charge on any atom is 0.234 e. The summed E-state index contributed by atoms with van der Waals surface area (Å²) in [5.41, 5.74) is 0. The molecule has 1 amide bonds. The van der Waals surface area contributed by atoms with Crippen molar-refractivity contribution in [3.8, 4) is 0 Å². The van der Waals surface area contributed by atoms with E-state index in [1.807, 2.05) is 13.8 Å². The van der Waals surface area contributed by atoms with Gasteiger partial charge in [-0.1, -0.05) is 6.42 Å². The molecule has 0 aliphatic heterocycles. The molecule has 1 aliphatic rings. The van der Waals surface area contributed by atoms with Crippen LogP contribution in [0.2, 0.25) is 0 Å². The molecule has 0 aromatic heterocycles. The molecule has 17 heavy (non-hydrogen) atoms. The van der Waals surface area contributed by atoms with E-state index in [1.54, 1.807) is 0 Å². The lowest BCUT2D eigenvalue weighted by Crippen LogP contribution is -2.45. The molecule has 0 aromatic rings. The molecule has 6 heteroatoms. The number of nitrogens with one attached hydrogen (secondary N) is 2. The summed E-state index contributed by atoms with van der Waals surface area (Å²) in [6.07, 6.45) is 3.70. The van der Waals surface area contributed by atoms with Crippen molar-refractivity contribution in [3.63, 3.8) is 0 Å². The van der Waals surface area contributed by atoms with E-state index in [0.717, 1.165) is 12.8 Å². The van der Waals surface area contributed by atoms with Crippen LogP contribution in [0.3, 0.4) is 0 Å². The zero-order valence-electron chi connectivity index (χ0n) is 10.7. The topological polar surface area (TPSA) is 75.3 Å². The Morgan fingerprint density at radius 1 is 1.35 bits per heavy atom. The second kappa shape index (κ2) is 5.82. The van der Waals surface area contributed by atoms with E-state index < -0.39 is 9.84 Å². The monoisotopic (exact) mass is 262 g/mol. The minimum Gasteiger partial charge on any atom is -0.353 e. The lowest BCUT2D eigenvalue weighted by Gasteiger charge is -2.19. The van der Waals surface area contributed by atoms with Crippen LogP contribution in [0.5, 0.6) is 0 Å². The van der Waals surface area contributed by atoms with Gasteiger partial charge in [0, 0.05) is 18.3 Å². The van der Waals surface area contributed by atoms with E-state index >= 15 is 0 Å². The number of rotatable bonds is 5. The van der Waals surface area contributed by atoms with Crippen molar-refractivity contribution in [2.45, 2.75) is 50.4 Å². The van der Waals surface area contributed by atoms with Gasteiger partial charge in [-0.2, -0.15) is 0 Å². The van der Waals surface area contributed by atoms with Crippen LogP contribution in [0, 0.1) is 0 Å². The molecular weight excluding hydrogens is 240 g/mol. The molecule has 5 nitrogen and oxygen atoms in total. The molecule has 0 bridgehead atoms. The molecule has 1 rings (SSSR count). The highest BCUT2D eigenvalue weighted by molar-refractivity contribution is 7.91. The molecule has 0 radical (unpaired) electrons. The molecule has 2 unspecified atom stereocenters. The Kier molecular flexibility index (Phi) is 4.94. The van der Waals surface area contributed by atoms with Crippen molar-refractivity contribution >= 4 is 15.7 Å². The van der Waals surface area contributed by atoms with E-state index in [-0.39, 0.29) is 29.8 Å². The van der Waals surface area contributed by atoms with Crippen LogP contribution in [-0.2, 0) is 14.6 Å². The fourth-order valence-corrected chi connectivity index (χ4v) is 3.69. The highest BCUT2D eigenvalue weighted by atomic mass is 32.2. The number of hydrogen-bond donors (Lipinski definition) is 2. The Labute approximate surface area is 103 Å². The van der Waals surface area contributed by atoms with Gasteiger partial charge in [0.1, 0.15) is 0 Å². The predicted octanol–water partition coefficient (Wildman–Crippen LogP) is 0.0663. The minimum atomic E-state index is -3.02. The summed E-state index contributed by atoms with van der Waals surface area (Å²) in [4.78, 5) is 11.4. The predicted molar refractivity (Wildman–Crippen MR) is 67.6 cm³/mol. The van der Waals surface area contributed by atoms with E-state index in [9.17, 15) is 13.2 Å². The first-order valence-electron chi connectivity index (χ1n) is 6.02. The zero-order valence-corrected chi connectivity index (χ0v) is 11.5. The Balaban J connectivity index is 2.44. The van der Waals surface area contributed by atoms with E-state index in [1.165, 1.54) is 6.26 Å². The van der Waals surface area contributed by atoms with E-state index in [2.05, 4.69) is 10.6 Å². The molecule has 0 aromatic carbocycles. The SMILES string of the molecule is CC(C)NC(=O)CNC1CCCC1S(C)(=O)=O. The summed E-state index contributed by atoms with van der Waals surface area (Å²) in [5.74, 6) is -0.0841. The van der Waals surface area contributed by atoms with Gasteiger partial charge >= 0.3 is 0 Å². The molecule has 0 spiro atoms. The summed E-state index contributed by atoms with van der Waals surface area (Å²) in [6, 6.07) is 0.0292. The average molecular weight is 262 g/mol. The first-order chi connectivity index (χ1) is 7.80. The second-order valence-electron chi connectivity index (χ2n) is 5.01. The summed E-state index contributed by atoms with van der Waals surface area (Å²) >= 11 is 0. The summed E-state index contributed by atoms with van der Waals surface area (Å²) in [7, 11) is -3.02. The Bertz CT molecular complexity index is 365. The van der Waals surface area contributed by atoms with Gasteiger partial charge in [-0.25, -0.2) is 8.42 Å². The van der Waals surface area contributed by atoms with Crippen LogP contribution in [0.25, 0.3) is 0 Å². The zero-order chi connectivity index (χ0) is 13.1. The van der Waals surface area contributed by atoms with Gasteiger partial charge < -0.3 is 10.6 Å². The van der Waals surface area contributed by atoms with E-state index in [4.69, 9.17) is 0 Å². The highest BCUT2D eigenvalue weighted by Crippen LogP contribution is 2.24. The first-order valence-corrected chi connectivity index (χ1v) is 7.97. The number of amides is 1. The number of carbonyl (C=O) groups excluding carboxylic acids is 1. The van der Waals surface area contributed by atoms with Gasteiger partial charge in [0.2, 0.25) is 5.91 Å². The quantitative estimate of drug-likeness (QED) is 0.735. The van der Waals surface area contributed by atoms with Gasteiger partial charge in [0.15, 0.2) is 9.84 Å². The smallest absolute Gasteiger partial charge is 0.234 e. The normalized spacial score (nSPS) is 25.2. The molecular formula is C11H22N2O3S. The van der Waals surface area contributed by atoms with Crippen molar-refractivity contribution in [2.24, 2.45) is 0 Å². The van der Waals surface area contributed by atoms with Crippen molar-refractivity contribution in [1.29, 1.82) is 0 Å². The third-order valence-electron chi connectivity index (χ3n) is 2.98. The van der Waals surface area contributed by atoms with Crippen LogP contribution < -0.4 is 10.6 Å². The standard InChI is InChI=1S/C11H22N2O3S/c1-8(2)13-11(14)7-12-9-5-4-6-10(9)17(3,15)16/h8-10,12H,4-7H2,1-3H3,(H,13,14). The van der Waals surface area contributed by atoms with Crippen molar-refractivity contribution < 1.29 is 13.2 Å². The second-order valence-corrected chi connectivity index (χ2v) is 7.27. The fraction of sp³-hybridized carbons (Fsp3) is 0.909. The summed E-state index contributed by atoms with van der Waals surface area (Å²) < 4.78 is 23.1. The largest absolute Gasteiger partial charge is 0.353 e. The number of sulfone groups is 1. The maximum atomic E-state index is 11.5. The lowest BCUT2D eigenvalue weighted by molar-refractivity contribution is -0.120. The molecule has 2 N–H and O–H groups in total. The summed E-state index contributed by atoms with van der Waals surface area (Å²) in [5, 5.41) is 5.48. The lowest BCUT2D eigenvalue weighted by atomic mass is 10.2. The van der Waals surface area contributed by atoms with Gasteiger partial charge in [-0.3, -0.25) is 4.79 Å². The molecule has 100 valence electrons. The number of hydrogen-bond acceptors (Lipinski definition) is 4. The maximum absolute atomic E-state index is 11.5. The van der Waals surface area contributed by atoms with Gasteiger partial charge in [-0.15, -0.1) is 0 Å². The third-order valence-corrected chi connectivity index (χ3v) is 4.64. The van der Waals surface area contributed by atoms with Gasteiger partial charge in [0.05, 0.1) is 11.8 Å². The highest BCUT2D eigenvalue weighted by Gasteiger charge is 2.34. The Hall–Kier alpha value is -0.620. The molecule has 1 aliphatic carbocycles. The van der Waals surface area contributed by atoms with Crippen LogP contribution in [-0.4, -0.2) is 44.5 Å². The van der Waals surface area contributed by atoms with Crippen LogP contribution in [0.15, 0.2) is 0 Å². The van der Waals surface area contributed by atoms with Crippen LogP contribution in [0.1, 0.15) is 33.1 Å². The molecule has 2 atom stereocenters. The molecule has 0 saturated heterocycles. The van der Waals surface area contributed by atoms with Crippen molar-refractivity contribution in [2.75, 3.05) is 12.8 Å².